The van der Waals surface area contributed by atoms with Gasteiger partial charge in [-0.05, 0) is 42.9 Å². The van der Waals surface area contributed by atoms with Crippen molar-refractivity contribution in [1.29, 1.82) is 0 Å². The number of halogens is 2. The lowest BCUT2D eigenvalue weighted by Crippen LogP contribution is -2.46. The molecule has 140 valence electrons. The Labute approximate surface area is 147 Å². The molecule has 1 aromatic carbocycles. The monoisotopic (exact) mass is 356 g/mol. The Morgan fingerprint density at radius 1 is 1.28 bits per heavy atom. The fourth-order valence-corrected chi connectivity index (χ4v) is 3.13. The van der Waals surface area contributed by atoms with Crippen molar-refractivity contribution in [1.82, 2.24) is 10.6 Å². The number of hydrogen-bond donors (Lipinski definition) is 2. The molecular formula is C18H26F2N2O3. The molecule has 0 heterocycles. The first-order chi connectivity index (χ1) is 12.0. The molecule has 7 heteroatoms. The van der Waals surface area contributed by atoms with Gasteiger partial charge in [0.1, 0.15) is 0 Å². The fraction of sp³-hybridized carbons (Fsp3) is 0.611. The standard InChI is InChI=1S/C18H26F2N2O3/c1-12-5-3-4-6-14(12)22-18(23)21-10-9-13-7-8-15(25-17(19)20)16(11-13)24-2/h7-8,11-12,14,17H,3-6,9-10H2,1-2H3,(H2,21,22,23)/t12-,14-/m0/s1. The molecule has 2 N–H and O–H groups in total. The zero-order valence-electron chi connectivity index (χ0n) is 14.7. The lowest BCUT2D eigenvalue weighted by Gasteiger charge is -2.29. The number of nitrogens with one attached hydrogen (secondary N) is 2. The number of urea groups is 1. The molecule has 1 aliphatic carbocycles. The largest absolute Gasteiger partial charge is 0.493 e. The van der Waals surface area contributed by atoms with Crippen molar-refractivity contribution < 1.29 is 23.0 Å². The van der Waals surface area contributed by atoms with Crippen LogP contribution in [-0.2, 0) is 6.42 Å². The second-order valence-corrected chi connectivity index (χ2v) is 6.38. The molecule has 0 radical (unpaired) electrons. The van der Waals surface area contributed by atoms with Gasteiger partial charge in [-0.2, -0.15) is 8.78 Å². The highest BCUT2D eigenvalue weighted by molar-refractivity contribution is 5.74. The lowest BCUT2D eigenvalue weighted by atomic mass is 9.86. The van der Waals surface area contributed by atoms with E-state index in [9.17, 15) is 13.6 Å². The number of carbonyl (C=O) groups is 1. The molecule has 2 rings (SSSR count). The first kappa shape index (κ1) is 19.3. The first-order valence-corrected chi connectivity index (χ1v) is 8.65. The molecule has 0 aromatic heterocycles. The predicted molar refractivity (Wildman–Crippen MR) is 91.3 cm³/mol. The van der Waals surface area contributed by atoms with Gasteiger partial charge in [-0.15, -0.1) is 0 Å². The number of carbonyl (C=O) groups excluding carboxylic acids is 1. The molecule has 1 fully saturated rings. The average Bonchev–Trinajstić information content (AvgIpc) is 2.57. The minimum Gasteiger partial charge on any atom is -0.493 e. The van der Waals surface area contributed by atoms with Gasteiger partial charge in [0.05, 0.1) is 7.11 Å². The number of benzene rings is 1. The van der Waals surface area contributed by atoms with Crippen molar-refractivity contribution in [3.05, 3.63) is 23.8 Å². The topological polar surface area (TPSA) is 59.6 Å². The van der Waals surface area contributed by atoms with Crippen molar-refractivity contribution >= 4 is 6.03 Å². The Bertz CT molecular complexity index is 569. The molecule has 1 aromatic rings. The average molecular weight is 356 g/mol. The second-order valence-electron chi connectivity index (χ2n) is 6.38. The summed E-state index contributed by atoms with van der Waals surface area (Å²) >= 11 is 0. The van der Waals surface area contributed by atoms with Crippen LogP contribution in [0.15, 0.2) is 18.2 Å². The smallest absolute Gasteiger partial charge is 0.387 e. The lowest BCUT2D eigenvalue weighted by molar-refractivity contribution is -0.0512. The van der Waals surface area contributed by atoms with Crippen LogP contribution in [-0.4, -0.2) is 32.3 Å². The summed E-state index contributed by atoms with van der Waals surface area (Å²) in [7, 11) is 1.40. The Morgan fingerprint density at radius 2 is 2.04 bits per heavy atom. The van der Waals surface area contributed by atoms with E-state index < -0.39 is 6.61 Å². The molecule has 0 bridgehead atoms. The van der Waals surface area contributed by atoms with E-state index in [2.05, 4.69) is 22.3 Å². The summed E-state index contributed by atoms with van der Waals surface area (Å²) in [5.74, 6) is 0.752. The Balaban J connectivity index is 1.79. The molecule has 2 atom stereocenters. The van der Waals surface area contributed by atoms with Crippen molar-refractivity contribution in [2.75, 3.05) is 13.7 Å². The van der Waals surface area contributed by atoms with Crippen LogP contribution < -0.4 is 20.1 Å². The number of amides is 2. The first-order valence-electron chi connectivity index (χ1n) is 8.65. The maximum absolute atomic E-state index is 12.3. The van der Waals surface area contributed by atoms with Crippen molar-refractivity contribution in [2.45, 2.75) is 51.7 Å². The van der Waals surface area contributed by atoms with E-state index in [4.69, 9.17) is 4.74 Å². The molecular weight excluding hydrogens is 330 g/mol. The second kappa shape index (κ2) is 9.44. The number of rotatable bonds is 7. The number of methoxy groups -OCH3 is 1. The maximum atomic E-state index is 12.3. The van der Waals surface area contributed by atoms with Gasteiger partial charge < -0.3 is 20.1 Å². The van der Waals surface area contributed by atoms with Crippen LogP contribution in [0, 0.1) is 5.92 Å². The number of ether oxygens (including phenoxy) is 2. The van der Waals surface area contributed by atoms with Crippen LogP contribution in [0.25, 0.3) is 0 Å². The summed E-state index contributed by atoms with van der Waals surface area (Å²) < 4.78 is 34.1. The quantitative estimate of drug-likeness (QED) is 0.783. The van der Waals surface area contributed by atoms with Crippen LogP contribution >= 0.6 is 0 Å². The summed E-state index contributed by atoms with van der Waals surface area (Å²) in [5, 5.41) is 5.87. The molecule has 2 amide bonds. The highest BCUT2D eigenvalue weighted by Gasteiger charge is 2.22. The van der Waals surface area contributed by atoms with Crippen molar-refractivity contribution in [2.24, 2.45) is 5.92 Å². The maximum Gasteiger partial charge on any atom is 0.387 e. The third-order valence-electron chi connectivity index (χ3n) is 4.57. The van der Waals surface area contributed by atoms with Gasteiger partial charge in [-0.3, -0.25) is 0 Å². The normalized spacial score (nSPS) is 20.2. The predicted octanol–water partition coefficient (Wildman–Crippen LogP) is 3.72. The fourth-order valence-electron chi connectivity index (χ4n) is 3.13. The molecule has 0 aliphatic heterocycles. The van der Waals surface area contributed by atoms with Crippen LogP contribution in [0.2, 0.25) is 0 Å². The van der Waals surface area contributed by atoms with Crippen LogP contribution in [0.4, 0.5) is 13.6 Å². The zero-order chi connectivity index (χ0) is 18.2. The van der Waals surface area contributed by atoms with E-state index in [0.717, 1.165) is 24.8 Å². The summed E-state index contributed by atoms with van der Waals surface area (Å²) in [5.41, 5.74) is 0.866. The van der Waals surface area contributed by atoms with Gasteiger partial charge in [-0.1, -0.05) is 25.8 Å². The van der Waals surface area contributed by atoms with Gasteiger partial charge in [-0.25, -0.2) is 4.79 Å². The number of hydrogen-bond acceptors (Lipinski definition) is 3. The minimum absolute atomic E-state index is 0.00163. The third-order valence-corrected chi connectivity index (χ3v) is 4.57. The van der Waals surface area contributed by atoms with E-state index in [0.29, 0.717) is 18.9 Å². The molecule has 25 heavy (non-hydrogen) atoms. The molecule has 0 saturated heterocycles. The van der Waals surface area contributed by atoms with Crippen LogP contribution in [0.5, 0.6) is 11.5 Å². The van der Waals surface area contributed by atoms with E-state index in [1.165, 1.54) is 19.6 Å². The van der Waals surface area contributed by atoms with Gasteiger partial charge in [0, 0.05) is 12.6 Å². The Morgan fingerprint density at radius 3 is 2.72 bits per heavy atom. The molecule has 1 saturated carbocycles. The van der Waals surface area contributed by atoms with Crippen molar-refractivity contribution in [3.63, 3.8) is 0 Å². The van der Waals surface area contributed by atoms with Gasteiger partial charge in [0.2, 0.25) is 0 Å². The number of alkyl halides is 2. The molecule has 1 aliphatic rings. The van der Waals surface area contributed by atoms with Gasteiger partial charge in [0.25, 0.3) is 0 Å². The Hall–Kier alpha value is -2.05. The highest BCUT2D eigenvalue weighted by Crippen LogP contribution is 2.29. The molecule has 5 nitrogen and oxygen atoms in total. The third kappa shape index (κ3) is 6.07. The van der Waals surface area contributed by atoms with E-state index in [-0.39, 0.29) is 23.6 Å². The molecule has 0 spiro atoms. The summed E-state index contributed by atoms with van der Waals surface area (Å²) in [6.07, 6.45) is 5.13. The minimum atomic E-state index is -2.90. The van der Waals surface area contributed by atoms with Crippen LogP contribution in [0.3, 0.4) is 0 Å². The van der Waals surface area contributed by atoms with E-state index >= 15 is 0 Å². The highest BCUT2D eigenvalue weighted by atomic mass is 19.3. The van der Waals surface area contributed by atoms with E-state index in [1.54, 1.807) is 12.1 Å². The van der Waals surface area contributed by atoms with Gasteiger partial charge >= 0.3 is 12.6 Å². The summed E-state index contributed by atoms with van der Waals surface area (Å²) in [6.45, 7) is -0.280. The van der Waals surface area contributed by atoms with E-state index in [1.807, 2.05) is 0 Å². The zero-order valence-corrected chi connectivity index (χ0v) is 14.7. The van der Waals surface area contributed by atoms with Crippen molar-refractivity contribution in [3.8, 4) is 11.5 Å². The summed E-state index contributed by atoms with van der Waals surface area (Å²) in [6, 6.07) is 4.84. The SMILES string of the molecule is COc1cc(CCNC(=O)N[C@H]2CCCC[C@@H]2C)ccc1OC(F)F. The Kier molecular flexibility index (Phi) is 7.28. The van der Waals surface area contributed by atoms with Crippen LogP contribution in [0.1, 0.15) is 38.2 Å². The summed E-state index contributed by atoms with van der Waals surface area (Å²) in [4.78, 5) is 12.0. The van der Waals surface area contributed by atoms with Gasteiger partial charge in [0.15, 0.2) is 11.5 Å². The molecule has 0 unspecified atom stereocenters.